The van der Waals surface area contributed by atoms with Crippen molar-refractivity contribution in [3.63, 3.8) is 0 Å². The first-order valence-corrected chi connectivity index (χ1v) is 6.07. The monoisotopic (exact) mass is 233 g/mol. The van der Waals surface area contributed by atoms with Crippen molar-refractivity contribution in [2.24, 2.45) is 5.73 Å². The predicted octanol–water partition coefficient (Wildman–Crippen LogP) is 1.78. The van der Waals surface area contributed by atoms with Gasteiger partial charge in [0.2, 0.25) is 0 Å². The fraction of sp³-hybridized carbons (Fsp3) is 0.500. The van der Waals surface area contributed by atoms with Crippen LogP contribution in [0.25, 0.3) is 0 Å². The molecule has 0 amide bonds. The van der Waals surface area contributed by atoms with E-state index in [9.17, 15) is 4.79 Å². The second-order valence-electron chi connectivity index (χ2n) is 4.67. The molecule has 3 nitrogen and oxygen atoms in total. The second kappa shape index (κ2) is 4.49. The van der Waals surface area contributed by atoms with Gasteiger partial charge in [0.25, 0.3) is 0 Å². The molecule has 1 aliphatic rings. The van der Waals surface area contributed by atoms with Crippen molar-refractivity contribution in [2.45, 2.75) is 37.6 Å². The van der Waals surface area contributed by atoms with E-state index in [4.69, 9.17) is 10.5 Å². The van der Waals surface area contributed by atoms with Gasteiger partial charge in [-0.15, -0.1) is 0 Å². The van der Waals surface area contributed by atoms with E-state index in [0.717, 1.165) is 19.3 Å². The van der Waals surface area contributed by atoms with Crippen LogP contribution >= 0.6 is 0 Å². The average Bonchev–Trinajstić information content (AvgIpc) is 3.18. The van der Waals surface area contributed by atoms with Crippen molar-refractivity contribution in [3.8, 4) is 0 Å². The van der Waals surface area contributed by atoms with Crippen molar-refractivity contribution in [2.75, 3.05) is 7.11 Å². The number of methoxy groups -OCH3 is 1. The lowest BCUT2D eigenvalue weighted by molar-refractivity contribution is -0.143. The van der Waals surface area contributed by atoms with Gasteiger partial charge in [-0.25, -0.2) is 0 Å². The molecule has 3 heteroatoms. The first-order valence-electron chi connectivity index (χ1n) is 6.07. The molecule has 0 radical (unpaired) electrons. The van der Waals surface area contributed by atoms with Gasteiger partial charge >= 0.3 is 5.97 Å². The van der Waals surface area contributed by atoms with Crippen LogP contribution in [0, 0.1) is 0 Å². The zero-order valence-corrected chi connectivity index (χ0v) is 10.4. The summed E-state index contributed by atoms with van der Waals surface area (Å²) in [6, 6.07) is 7.70. The Kier molecular flexibility index (Phi) is 3.20. The van der Waals surface area contributed by atoms with E-state index in [1.165, 1.54) is 18.2 Å². The van der Waals surface area contributed by atoms with Gasteiger partial charge < -0.3 is 10.5 Å². The van der Waals surface area contributed by atoms with E-state index in [1.807, 2.05) is 12.1 Å². The van der Waals surface area contributed by atoms with Crippen LogP contribution in [-0.4, -0.2) is 19.1 Å². The minimum atomic E-state index is -0.541. The highest BCUT2D eigenvalue weighted by atomic mass is 16.5. The van der Waals surface area contributed by atoms with E-state index >= 15 is 0 Å². The molecule has 92 valence electrons. The van der Waals surface area contributed by atoms with Crippen LogP contribution < -0.4 is 5.73 Å². The zero-order valence-electron chi connectivity index (χ0n) is 10.4. The van der Waals surface area contributed by atoms with Crippen molar-refractivity contribution < 1.29 is 9.53 Å². The third-order valence-corrected chi connectivity index (χ3v) is 3.77. The third-order valence-electron chi connectivity index (χ3n) is 3.77. The number of carbonyl (C=O) groups excluding carboxylic acids is 1. The Bertz CT molecular complexity index is 424. The molecule has 0 bridgehead atoms. The van der Waals surface area contributed by atoms with E-state index in [0.29, 0.717) is 0 Å². The third kappa shape index (κ3) is 1.95. The highest BCUT2D eigenvalue weighted by Gasteiger charge is 2.53. The minimum absolute atomic E-state index is 0.181. The molecular formula is C14H19NO2. The Hall–Kier alpha value is -1.35. The molecule has 1 saturated carbocycles. The summed E-state index contributed by atoms with van der Waals surface area (Å²) in [6.45, 7) is 2.12. The molecule has 2 N–H and O–H groups in total. The molecule has 0 aromatic heterocycles. The van der Waals surface area contributed by atoms with Gasteiger partial charge in [-0.3, -0.25) is 4.79 Å². The Morgan fingerprint density at radius 3 is 2.65 bits per heavy atom. The van der Waals surface area contributed by atoms with Gasteiger partial charge in [0.15, 0.2) is 0 Å². The fourth-order valence-electron chi connectivity index (χ4n) is 2.55. The van der Waals surface area contributed by atoms with Gasteiger partial charge in [-0.1, -0.05) is 31.2 Å². The molecule has 1 aliphatic carbocycles. The molecule has 17 heavy (non-hydrogen) atoms. The van der Waals surface area contributed by atoms with Gasteiger partial charge in [0.05, 0.1) is 7.11 Å². The van der Waals surface area contributed by atoms with Crippen molar-refractivity contribution in [3.05, 3.63) is 35.4 Å². The first-order chi connectivity index (χ1) is 8.15. The minimum Gasteiger partial charge on any atom is -0.468 e. The van der Waals surface area contributed by atoms with Crippen LogP contribution in [-0.2, 0) is 21.4 Å². The summed E-state index contributed by atoms with van der Waals surface area (Å²) in [5.41, 5.74) is 8.37. The lowest BCUT2D eigenvalue weighted by Gasteiger charge is -2.24. The van der Waals surface area contributed by atoms with Crippen molar-refractivity contribution >= 4 is 5.97 Å². The van der Waals surface area contributed by atoms with Gasteiger partial charge in [0, 0.05) is 5.41 Å². The summed E-state index contributed by atoms with van der Waals surface area (Å²) in [5.74, 6) is -0.312. The lowest BCUT2D eigenvalue weighted by atomic mass is 9.84. The molecule has 1 atom stereocenters. The Morgan fingerprint density at radius 2 is 2.12 bits per heavy atom. The number of aryl methyl sites for hydroxylation is 1. The molecule has 2 rings (SSSR count). The number of ether oxygens (including phenoxy) is 1. The normalized spacial score (nSPS) is 18.5. The summed E-state index contributed by atoms with van der Waals surface area (Å²) in [7, 11) is 1.39. The van der Waals surface area contributed by atoms with Gasteiger partial charge in [0.1, 0.15) is 6.04 Å². The van der Waals surface area contributed by atoms with Crippen LogP contribution in [0.4, 0.5) is 0 Å². The molecular weight excluding hydrogens is 214 g/mol. The standard InChI is InChI=1S/C14H19NO2/c1-3-10-6-4-5-7-11(10)14(8-9-14)12(15)13(16)17-2/h4-7,12H,3,8-9,15H2,1-2H3. The topological polar surface area (TPSA) is 52.3 Å². The Morgan fingerprint density at radius 1 is 1.47 bits per heavy atom. The van der Waals surface area contributed by atoms with Gasteiger partial charge in [-0.2, -0.15) is 0 Å². The molecule has 0 saturated heterocycles. The van der Waals surface area contributed by atoms with E-state index in [1.54, 1.807) is 0 Å². The molecule has 1 fully saturated rings. The van der Waals surface area contributed by atoms with Crippen LogP contribution in [0.5, 0.6) is 0 Å². The Balaban J connectivity index is 2.35. The average molecular weight is 233 g/mol. The van der Waals surface area contributed by atoms with Crippen molar-refractivity contribution in [1.29, 1.82) is 0 Å². The number of nitrogens with two attached hydrogens (primary N) is 1. The highest BCUT2D eigenvalue weighted by Crippen LogP contribution is 2.51. The molecule has 0 aliphatic heterocycles. The second-order valence-corrected chi connectivity index (χ2v) is 4.67. The maximum absolute atomic E-state index is 11.6. The maximum Gasteiger partial charge on any atom is 0.323 e. The Labute approximate surface area is 102 Å². The molecule has 1 aromatic carbocycles. The summed E-state index contributed by atoms with van der Waals surface area (Å²) in [5, 5.41) is 0. The molecule has 1 aromatic rings. The smallest absolute Gasteiger partial charge is 0.323 e. The number of carbonyl (C=O) groups is 1. The number of esters is 1. The fourth-order valence-corrected chi connectivity index (χ4v) is 2.55. The zero-order chi connectivity index (χ0) is 12.5. The first kappa shape index (κ1) is 12.1. The largest absolute Gasteiger partial charge is 0.468 e. The summed E-state index contributed by atoms with van der Waals surface area (Å²) in [4.78, 5) is 11.6. The number of rotatable bonds is 4. The maximum atomic E-state index is 11.6. The predicted molar refractivity (Wildman–Crippen MR) is 66.7 cm³/mol. The molecule has 0 spiro atoms. The van der Waals surface area contributed by atoms with Crippen LogP contribution in [0.1, 0.15) is 30.9 Å². The van der Waals surface area contributed by atoms with Crippen LogP contribution in [0.2, 0.25) is 0 Å². The number of benzene rings is 1. The molecule has 1 unspecified atom stereocenters. The number of hydrogen-bond acceptors (Lipinski definition) is 3. The van der Waals surface area contributed by atoms with Crippen molar-refractivity contribution in [1.82, 2.24) is 0 Å². The summed E-state index contributed by atoms with van der Waals surface area (Å²) < 4.78 is 4.77. The molecule has 0 heterocycles. The highest BCUT2D eigenvalue weighted by molar-refractivity contribution is 5.79. The van der Waals surface area contributed by atoms with Crippen LogP contribution in [0.3, 0.4) is 0 Å². The summed E-state index contributed by atoms with van der Waals surface area (Å²) >= 11 is 0. The number of hydrogen-bond donors (Lipinski definition) is 1. The van der Waals surface area contributed by atoms with E-state index in [-0.39, 0.29) is 11.4 Å². The SMILES string of the molecule is CCc1ccccc1C1(C(N)C(=O)OC)CC1. The van der Waals surface area contributed by atoms with Crippen LogP contribution in [0.15, 0.2) is 24.3 Å². The van der Waals surface area contributed by atoms with E-state index < -0.39 is 6.04 Å². The lowest BCUT2D eigenvalue weighted by Crippen LogP contribution is -2.43. The summed E-state index contributed by atoms with van der Waals surface area (Å²) in [6.07, 6.45) is 2.91. The van der Waals surface area contributed by atoms with E-state index in [2.05, 4.69) is 19.1 Å². The van der Waals surface area contributed by atoms with Gasteiger partial charge in [-0.05, 0) is 30.4 Å². The quantitative estimate of drug-likeness (QED) is 0.806.